The molecule has 0 radical (unpaired) electrons. The summed E-state index contributed by atoms with van der Waals surface area (Å²) in [4.78, 5) is 26.8. The Bertz CT molecular complexity index is 1660. The van der Waals surface area contributed by atoms with Crippen molar-refractivity contribution < 1.29 is 4.79 Å². The van der Waals surface area contributed by atoms with Gasteiger partial charge in [0.15, 0.2) is 5.16 Å². The fourth-order valence-corrected chi connectivity index (χ4v) is 5.42. The molecule has 0 saturated heterocycles. The fourth-order valence-electron chi connectivity index (χ4n) is 4.56. The third kappa shape index (κ3) is 3.97. The van der Waals surface area contributed by atoms with Crippen LogP contribution in [0, 0.1) is 27.7 Å². The van der Waals surface area contributed by atoms with E-state index in [2.05, 4.69) is 15.5 Å². The molecule has 0 bridgehead atoms. The molecule has 0 aliphatic carbocycles. The van der Waals surface area contributed by atoms with Gasteiger partial charge in [0.05, 0.1) is 21.8 Å². The van der Waals surface area contributed by atoms with Crippen molar-refractivity contribution in [1.82, 2.24) is 19.2 Å². The summed E-state index contributed by atoms with van der Waals surface area (Å²) in [7, 11) is 0. The molecule has 5 rings (SSSR count). The molecule has 1 N–H and O–H groups in total. The maximum atomic E-state index is 13.7. The van der Waals surface area contributed by atoms with E-state index in [0.717, 1.165) is 33.6 Å². The smallest absolute Gasteiger partial charge is 0.267 e. The summed E-state index contributed by atoms with van der Waals surface area (Å²) >= 11 is 1.31. The molecule has 36 heavy (non-hydrogen) atoms. The van der Waals surface area contributed by atoms with Crippen LogP contribution in [0.2, 0.25) is 0 Å². The van der Waals surface area contributed by atoms with E-state index >= 15 is 0 Å². The Hall–Kier alpha value is -3.91. The Morgan fingerprint density at radius 3 is 2.14 bits per heavy atom. The van der Waals surface area contributed by atoms with Gasteiger partial charge < -0.3 is 5.32 Å². The van der Waals surface area contributed by atoms with Crippen molar-refractivity contribution in [2.24, 2.45) is 0 Å². The summed E-state index contributed by atoms with van der Waals surface area (Å²) < 4.78 is 3.50. The monoisotopic (exact) mass is 497 g/mol. The van der Waals surface area contributed by atoms with Crippen LogP contribution in [0.5, 0.6) is 0 Å². The Kier molecular flexibility index (Phi) is 6.14. The van der Waals surface area contributed by atoms with Crippen LogP contribution < -0.4 is 10.9 Å². The molecular weight excluding hydrogens is 470 g/mol. The zero-order valence-electron chi connectivity index (χ0n) is 20.9. The fraction of sp³-hybridized carbons (Fsp3) is 0.214. The number of nitrogens with zero attached hydrogens (tertiary/aromatic N) is 4. The van der Waals surface area contributed by atoms with Gasteiger partial charge in [-0.2, -0.15) is 0 Å². The molecule has 2 aromatic heterocycles. The van der Waals surface area contributed by atoms with E-state index in [4.69, 9.17) is 0 Å². The van der Waals surface area contributed by atoms with Gasteiger partial charge >= 0.3 is 0 Å². The summed E-state index contributed by atoms with van der Waals surface area (Å²) in [5, 5.41) is 12.6. The maximum Gasteiger partial charge on any atom is 0.267 e. The van der Waals surface area contributed by atoms with Gasteiger partial charge in [-0.1, -0.05) is 60.3 Å². The summed E-state index contributed by atoms with van der Waals surface area (Å²) in [5.74, 6) is 0.294. The first kappa shape index (κ1) is 23.8. The standard InChI is InChI=1S/C28H27N5O2S/c1-16-10-8-11-17(2)23(16)29-25(34)20(5)36-28-31-30-27-32(28)22-15-7-6-14-21(22)26(35)33(27)24-18(3)12-9-13-19(24)4/h6-15,20H,1-5H3,(H,29,34). The molecule has 3 aromatic carbocycles. The summed E-state index contributed by atoms with van der Waals surface area (Å²) in [6.45, 7) is 9.76. The number of fused-ring (bicyclic) bond motifs is 3. The van der Waals surface area contributed by atoms with Crippen LogP contribution in [0.25, 0.3) is 22.4 Å². The highest BCUT2D eigenvalue weighted by Gasteiger charge is 2.23. The average Bonchev–Trinajstić information content (AvgIpc) is 3.26. The lowest BCUT2D eigenvalue weighted by Crippen LogP contribution is -2.24. The van der Waals surface area contributed by atoms with Gasteiger partial charge in [0.2, 0.25) is 11.7 Å². The van der Waals surface area contributed by atoms with Crippen molar-refractivity contribution in [1.29, 1.82) is 0 Å². The lowest BCUT2D eigenvalue weighted by atomic mass is 10.1. The van der Waals surface area contributed by atoms with Gasteiger partial charge in [-0.05, 0) is 69.0 Å². The van der Waals surface area contributed by atoms with E-state index in [-0.39, 0.29) is 11.5 Å². The Morgan fingerprint density at radius 1 is 0.861 bits per heavy atom. The largest absolute Gasteiger partial charge is 0.325 e. The molecule has 5 aromatic rings. The van der Waals surface area contributed by atoms with Crippen molar-refractivity contribution in [2.75, 3.05) is 5.32 Å². The maximum absolute atomic E-state index is 13.7. The van der Waals surface area contributed by atoms with Gasteiger partial charge in [-0.15, -0.1) is 10.2 Å². The number of carbonyl (C=O) groups is 1. The highest BCUT2D eigenvalue weighted by molar-refractivity contribution is 8.00. The zero-order chi connectivity index (χ0) is 25.6. The molecule has 1 atom stereocenters. The number of benzene rings is 3. The minimum Gasteiger partial charge on any atom is -0.325 e. The van der Waals surface area contributed by atoms with Gasteiger partial charge in [-0.25, -0.2) is 4.57 Å². The number of rotatable bonds is 5. The van der Waals surface area contributed by atoms with Crippen LogP contribution in [-0.4, -0.2) is 30.3 Å². The van der Waals surface area contributed by atoms with E-state index in [0.29, 0.717) is 21.8 Å². The van der Waals surface area contributed by atoms with Gasteiger partial charge in [0.1, 0.15) is 0 Å². The number of aromatic nitrogens is 4. The van der Waals surface area contributed by atoms with Gasteiger partial charge in [-0.3, -0.25) is 14.0 Å². The highest BCUT2D eigenvalue weighted by atomic mass is 32.2. The van der Waals surface area contributed by atoms with E-state index in [1.54, 1.807) is 4.57 Å². The molecular formula is C28H27N5O2S. The number of amides is 1. The second kappa shape index (κ2) is 9.28. The third-order valence-corrected chi connectivity index (χ3v) is 7.48. The van der Waals surface area contributed by atoms with Crippen LogP contribution in [0.1, 0.15) is 29.2 Å². The predicted octanol–water partition coefficient (Wildman–Crippen LogP) is 5.39. The van der Waals surface area contributed by atoms with Crippen LogP contribution in [0.15, 0.2) is 70.6 Å². The lowest BCUT2D eigenvalue weighted by molar-refractivity contribution is -0.115. The van der Waals surface area contributed by atoms with Crippen molar-refractivity contribution in [2.45, 2.75) is 45.0 Å². The molecule has 0 fully saturated rings. The minimum absolute atomic E-state index is 0.124. The molecule has 0 spiro atoms. The molecule has 1 amide bonds. The molecule has 0 aliphatic heterocycles. The number of anilines is 1. The number of nitrogens with one attached hydrogen (secondary N) is 1. The third-order valence-electron chi connectivity index (χ3n) is 6.44. The Labute approximate surface area is 213 Å². The number of carbonyl (C=O) groups excluding carboxylic acids is 1. The van der Waals surface area contributed by atoms with E-state index < -0.39 is 5.25 Å². The average molecular weight is 498 g/mol. The van der Waals surface area contributed by atoms with E-state index in [1.165, 1.54) is 11.8 Å². The molecule has 1 unspecified atom stereocenters. The summed E-state index contributed by atoms with van der Waals surface area (Å²) in [6.07, 6.45) is 0. The van der Waals surface area contributed by atoms with Gasteiger partial charge in [0.25, 0.3) is 5.56 Å². The quantitative estimate of drug-likeness (QED) is 0.330. The van der Waals surface area contributed by atoms with Crippen molar-refractivity contribution in [3.63, 3.8) is 0 Å². The first-order valence-corrected chi connectivity index (χ1v) is 12.6. The number of hydrogen-bond donors (Lipinski definition) is 1. The Balaban J connectivity index is 1.63. The number of para-hydroxylation sites is 3. The zero-order valence-corrected chi connectivity index (χ0v) is 21.7. The highest BCUT2D eigenvalue weighted by Crippen LogP contribution is 2.29. The molecule has 2 heterocycles. The van der Waals surface area contributed by atoms with Crippen LogP contribution in [-0.2, 0) is 4.79 Å². The first-order valence-electron chi connectivity index (χ1n) is 11.8. The molecule has 182 valence electrons. The van der Waals surface area contributed by atoms with Crippen molar-refractivity contribution >= 4 is 40.0 Å². The molecule has 7 nitrogen and oxygen atoms in total. The van der Waals surface area contributed by atoms with Crippen molar-refractivity contribution in [3.8, 4) is 5.69 Å². The summed E-state index contributed by atoms with van der Waals surface area (Å²) in [5.41, 5.74) is 6.13. The van der Waals surface area contributed by atoms with Crippen molar-refractivity contribution in [3.05, 3.63) is 93.3 Å². The first-order chi connectivity index (χ1) is 17.3. The SMILES string of the molecule is Cc1cccc(C)c1NC(=O)C(C)Sc1nnc2n(-c3c(C)cccc3C)c(=O)c3ccccc3n12. The number of thioether (sulfide) groups is 1. The minimum atomic E-state index is -0.448. The van der Waals surface area contributed by atoms with E-state index in [9.17, 15) is 9.59 Å². The molecule has 0 aliphatic rings. The topological polar surface area (TPSA) is 81.3 Å². The van der Waals surface area contributed by atoms with Crippen LogP contribution in [0.3, 0.4) is 0 Å². The van der Waals surface area contributed by atoms with Crippen LogP contribution >= 0.6 is 11.8 Å². The summed E-state index contributed by atoms with van der Waals surface area (Å²) in [6, 6.07) is 19.3. The number of aryl methyl sites for hydroxylation is 4. The second-order valence-electron chi connectivity index (χ2n) is 9.03. The molecule has 0 saturated carbocycles. The van der Waals surface area contributed by atoms with E-state index in [1.807, 2.05) is 99.7 Å². The predicted molar refractivity (Wildman–Crippen MR) is 145 cm³/mol. The Morgan fingerprint density at radius 2 is 1.47 bits per heavy atom. The normalized spacial score (nSPS) is 12.2. The van der Waals surface area contributed by atoms with Gasteiger partial charge in [0, 0.05) is 5.69 Å². The number of hydrogen-bond acceptors (Lipinski definition) is 5. The lowest BCUT2D eigenvalue weighted by Gasteiger charge is -2.16. The molecule has 8 heteroatoms. The second-order valence-corrected chi connectivity index (χ2v) is 10.3. The van der Waals surface area contributed by atoms with Crippen LogP contribution in [0.4, 0.5) is 5.69 Å².